The minimum Gasteiger partial charge on any atom is -0.497 e. The molecular weight excluding hydrogens is 381 g/mol. The number of methoxy groups -OCH3 is 1. The van der Waals surface area contributed by atoms with E-state index in [-0.39, 0.29) is 24.3 Å². The van der Waals surface area contributed by atoms with Crippen molar-refractivity contribution in [1.29, 1.82) is 0 Å². The first-order chi connectivity index (χ1) is 12.0. The van der Waals surface area contributed by atoms with Crippen LogP contribution in [0.4, 0.5) is 21.5 Å². The highest BCUT2D eigenvalue weighted by molar-refractivity contribution is 8.27. The van der Waals surface area contributed by atoms with Gasteiger partial charge in [0.25, 0.3) is 0 Å². The SMILES string of the molecule is CCC(NC)N1c2ccccc2N(c2ccc(OC)cc2F)S1(O)O.Cl. The fraction of sp³-hybridized carbons (Fsp3) is 0.294. The van der Waals surface area contributed by atoms with Crippen LogP contribution in [-0.2, 0) is 0 Å². The Morgan fingerprint density at radius 3 is 2.35 bits per heavy atom. The lowest BCUT2D eigenvalue weighted by molar-refractivity contribution is 0.411. The van der Waals surface area contributed by atoms with Crippen LogP contribution in [0.2, 0.25) is 0 Å². The summed E-state index contributed by atoms with van der Waals surface area (Å²) in [4.78, 5) is 0. The summed E-state index contributed by atoms with van der Waals surface area (Å²) < 4.78 is 44.5. The van der Waals surface area contributed by atoms with Crippen molar-refractivity contribution in [1.82, 2.24) is 5.32 Å². The monoisotopic (exact) mass is 403 g/mol. The topological polar surface area (TPSA) is 68.2 Å². The zero-order valence-electron chi connectivity index (χ0n) is 14.7. The Hall–Kier alpha value is -1.71. The number of rotatable bonds is 5. The van der Waals surface area contributed by atoms with Crippen LogP contribution in [0.15, 0.2) is 42.5 Å². The summed E-state index contributed by atoms with van der Waals surface area (Å²) in [5.41, 5.74) is 1.26. The number of nitrogens with one attached hydrogen (secondary N) is 1. The number of ether oxygens (including phenoxy) is 1. The maximum absolute atomic E-state index is 14.7. The lowest BCUT2D eigenvalue weighted by atomic mass is 10.2. The van der Waals surface area contributed by atoms with E-state index in [4.69, 9.17) is 4.74 Å². The quantitative estimate of drug-likeness (QED) is 0.669. The van der Waals surface area contributed by atoms with Crippen molar-refractivity contribution in [3.8, 4) is 5.75 Å². The van der Waals surface area contributed by atoms with Gasteiger partial charge in [-0.3, -0.25) is 14.4 Å². The van der Waals surface area contributed by atoms with E-state index in [0.717, 1.165) is 0 Å². The summed E-state index contributed by atoms with van der Waals surface area (Å²) in [5.74, 6) is -0.225. The van der Waals surface area contributed by atoms with Crippen LogP contribution in [0.25, 0.3) is 0 Å². The van der Waals surface area contributed by atoms with Gasteiger partial charge in [-0.25, -0.2) is 13.0 Å². The van der Waals surface area contributed by atoms with Crippen molar-refractivity contribution in [3.05, 3.63) is 48.3 Å². The van der Waals surface area contributed by atoms with Gasteiger partial charge < -0.3 is 4.74 Å². The lowest BCUT2D eigenvalue weighted by Crippen LogP contribution is -2.45. The van der Waals surface area contributed by atoms with Gasteiger partial charge in [-0.1, -0.05) is 19.1 Å². The number of nitrogens with zero attached hydrogens (tertiary/aromatic N) is 2. The van der Waals surface area contributed by atoms with Crippen molar-refractivity contribution < 1.29 is 18.2 Å². The fourth-order valence-electron chi connectivity index (χ4n) is 3.04. The number of benzene rings is 2. The van der Waals surface area contributed by atoms with Crippen LogP contribution in [0.3, 0.4) is 0 Å². The molecular formula is C17H23ClFN3O3S. The Bertz CT molecular complexity index is 777. The van der Waals surface area contributed by atoms with Gasteiger partial charge in [-0.05, 0) is 48.7 Å². The van der Waals surface area contributed by atoms with Crippen LogP contribution < -0.4 is 18.7 Å². The predicted octanol–water partition coefficient (Wildman–Crippen LogP) is 4.75. The third-order valence-corrected chi connectivity index (χ3v) is 6.09. The molecule has 26 heavy (non-hydrogen) atoms. The molecule has 1 atom stereocenters. The summed E-state index contributed by atoms with van der Waals surface area (Å²) in [6.07, 6.45) is 0.331. The largest absolute Gasteiger partial charge is 0.497 e. The first-order valence-electron chi connectivity index (χ1n) is 7.93. The average Bonchev–Trinajstić information content (AvgIpc) is 2.84. The van der Waals surface area contributed by atoms with E-state index in [1.54, 1.807) is 31.3 Å². The van der Waals surface area contributed by atoms with E-state index in [1.807, 2.05) is 13.0 Å². The molecule has 3 rings (SSSR count). The van der Waals surface area contributed by atoms with Crippen LogP contribution >= 0.6 is 23.4 Å². The molecule has 0 aliphatic carbocycles. The maximum atomic E-state index is 14.7. The van der Waals surface area contributed by atoms with E-state index >= 15 is 0 Å². The van der Waals surface area contributed by atoms with Gasteiger partial charge in [0.05, 0.1) is 18.5 Å². The van der Waals surface area contributed by atoms with Gasteiger partial charge in [-0.15, -0.1) is 12.4 Å². The van der Waals surface area contributed by atoms with Crippen molar-refractivity contribution in [2.75, 3.05) is 22.8 Å². The minimum atomic E-state index is -3.48. The molecule has 3 N–H and O–H groups in total. The molecule has 0 aromatic heterocycles. The van der Waals surface area contributed by atoms with Gasteiger partial charge in [0.15, 0.2) is 5.82 Å². The van der Waals surface area contributed by atoms with Gasteiger partial charge in [0.1, 0.15) is 17.6 Å². The molecule has 0 saturated heterocycles. The Kier molecular flexibility index (Phi) is 6.25. The molecule has 1 aliphatic heterocycles. The lowest BCUT2D eigenvalue weighted by Gasteiger charge is -2.46. The number of hydrogen-bond acceptors (Lipinski definition) is 6. The fourth-order valence-corrected chi connectivity index (χ4v) is 5.06. The summed E-state index contributed by atoms with van der Waals surface area (Å²) in [6.45, 7) is 1.94. The van der Waals surface area contributed by atoms with Crippen LogP contribution in [-0.4, -0.2) is 29.4 Å². The van der Waals surface area contributed by atoms with E-state index in [1.165, 1.54) is 27.9 Å². The molecule has 144 valence electrons. The highest BCUT2D eigenvalue weighted by atomic mass is 35.5. The van der Waals surface area contributed by atoms with Crippen molar-refractivity contribution in [3.63, 3.8) is 0 Å². The number of hydrogen-bond donors (Lipinski definition) is 3. The normalized spacial score (nSPS) is 17.3. The van der Waals surface area contributed by atoms with E-state index in [2.05, 4.69) is 5.32 Å². The van der Waals surface area contributed by atoms with Crippen molar-refractivity contribution >= 4 is 40.4 Å². The van der Waals surface area contributed by atoms with Crippen molar-refractivity contribution in [2.45, 2.75) is 19.5 Å². The second kappa shape index (κ2) is 7.89. The molecule has 2 aromatic rings. The van der Waals surface area contributed by atoms with E-state index < -0.39 is 16.8 Å². The van der Waals surface area contributed by atoms with Crippen molar-refractivity contribution in [2.24, 2.45) is 0 Å². The standard InChI is InChI=1S/C17H22FN3O3S.ClH/c1-4-17(19-2)21-16-8-6-5-7-15(16)20(25(21,22)23)14-10-9-12(24-3)11-13(14)18;/h5-11,17,19,22-23H,4H2,1-3H3;1H. The maximum Gasteiger partial charge on any atom is 0.152 e. The smallest absolute Gasteiger partial charge is 0.152 e. The number of fused-ring (bicyclic) bond motifs is 1. The molecule has 0 spiro atoms. The molecule has 9 heteroatoms. The Morgan fingerprint density at radius 1 is 1.15 bits per heavy atom. The van der Waals surface area contributed by atoms with Gasteiger partial charge in [0, 0.05) is 6.07 Å². The summed E-state index contributed by atoms with van der Waals surface area (Å²) >= 11 is 0. The molecule has 0 radical (unpaired) electrons. The highest BCUT2D eigenvalue weighted by Crippen LogP contribution is 2.65. The minimum absolute atomic E-state index is 0. The number of anilines is 3. The number of para-hydroxylation sites is 2. The summed E-state index contributed by atoms with van der Waals surface area (Å²) in [5, 5.41) is 3.08. The second-order valence-corrected chi connectivity index (χ2v) is 7.37. The number of halogens is 2. The van der Waals surface area contributed by atoms with E-state index in [9.17, 15) is 13.5 Å². The third-order valence-electron chi connectivity index (χ3n) is 4.22. The Labute approximate surface area is 160 Å². The van der Waals surface area contributed by atoms with Crippen LogP contribution in [0.1, 0.15) is 13.3 Å². The molecule has 1 heterocycles. The average molecular weight is 404 g/mol. The Morgan fingerprint density at radius 2 is 1.81 bits per heavy atom. The van der Waals surface area contributed by atoms with Crippen LogP contribution in [0, 0.1) is 5.82 Å². The molecule has 6 nitrogen and oxygen atoms in total. The van der Waals surface area contributed by atoms with Crippen LogP contribution in [0.5, 0.6) is 5.75 Å². The third kappa shape index (κ3) is 3.19. The zero-order chi connectivity index (χ0) is 18.2. The molecule has 2 aromatic carbocycles. The predicted molar refractivity (Wildman–Crippen MR) is 107 cm³/mol. The Balaban J connectivity index is 0.00000243. The second-order valence-electron chi connectivity index (χ2n) is 5.63. The zero-order valence-corrected chi connectivity index (χ0v) is 16.4. The first-order valence-corrected chi connectivity index (χ1v) is 9.39. The summed E-state index contributed by atoms with van der Waals surface area (Å²) in [6, 6.07) is 11.5. The molecule has 0 amide bonds. The molecule has 0 fully saturated rings. The molecule has 1 unspecified atom stereocenters. The van der Waals surface area contributed by atoms with E-state index in [0.29, 0.717) is 23.5 Å². The summed E-state index contributed by atoms with van der Waals surface area (Å²) in [7, 11) is -0.277. The molecule has 1 aliphatic rings. The van der Waals surface area contributed by atoms with Gasteiger partial charge in [0.2, 0.25) is 0 Å². The highest BCUT2D eigenvalue weighted by Gasteiger charge is 2.45. The van der Waals surface area contributed by atoms with Gasteiger partial charge in [-0.2, -0.15) is 0 Å². The van der Waals surface area contributed by atoms with Gasteiger partial charge >= 0.3 is 0 Å². The first kappa shape index (κ1) is 20.6. The molecule has 0 saturated carbocycles. The molecule has 0 bridgehead atoms.